The van der Waals surface area contributed by atoms with Gasteiger partial charge in [-0.3, -0.25) is 4.79 Å². The number of halogens is 2. The van der Waals surface area contributed by atoms with Gasteiger partial charge < -0.3 is 10.4 Å². The summed E-state index contributed by atoms with van der Waals surface area (Å²) in [5.41, 5.74) is 0.0643. The van der Waals surface area contributed by atoms with Crippen LogP contribution in [-0.2, 0) is 9.59 Å². The first kappa shape index (κ1) is 13.5. The maximum Gasteiger partial charge on any atom is 0.352 e. The van der Waals surface area contributed by atoms with Crippen LogP contribution in [0.25, 0.3) is 6.08 Å². The highest BCUT2D eigenvalue weighted by Gasteiger charge is 2.11. The molecule has 1 aromatic carbocycles. The van der Waals surface area contributed by atoms with E-state index in [1.54, 1.807) is 18.2 Å². The average molecular weight is 274 g/mol. The fraction of sp³-hybridized carbons (Fsp3) is 0.0909. The van der Waals surface area contributed by atoms with Crippen molar-refractivity contribution in [3.05, 3.63) is 39.5 Å². The summed E-state index contributed by atoms with van der Waals surface area (Å²) in [5, 5.41) is 11.7. The van der Waals surface area contributed by atoms with Crippen molar-refractivity contribution in [2.45, 2.75) is 6.92 Å². The summed E-state index contributed by atoms with van der Waals surface area (Å²) in [7, 11) is 0. The fourth-order valence-corrected chi connectivity index (χ4v) is 1.64. The second-order valence-corrected chi connectivity index (χ2v) is 3.99. The Kier molecular flexibility index (Phi) is 4.54. The zero-order chi connectivity index (χ0) is 13.0. The fourth-order valence-electron chi connectivity index (χ4n) is 1.13. The number of carbonyl (C=O) groups excluding carboxylic acids is 1. The van der Waals surface area contributed by atoms with Gasteiger partial charge in [0, 0.05) is 22.5 Å². The molecule has 0 heterocycles. The van der Waals surface area contributed by atoms with Gasteiger partial charge in [-0.15, -0.1) is 0 Å². The lowest BCUT2D eigenvalue weighted by Crippen LogP contribution is -2.24. The summed E-state index contributed by atoms with van der Waals surface area (Å²) in [4.78, 5) is 21.7. The standard InChI is InChI=1S/C11H9Cl2NO3/c1-6(15)14-10(11(16)17)5-7-8(12)3-2-4-9(7)13/h2-5H,1H3,(H,14,15)(H,16,17)/b10-5-. The molecule has 0 aromatic heterocycles. The second-order valence-electron chi connectivity index (χ2n) is 3.18. The van der Waals surface area contributed by atoms with Gasteiger partial charge in [0.1, 0.15) is 5.70 Å². The maximum absolute atomic E-state index is 10.9. The quantitative estimate of drug-likeness (QED) is 0.832. The molecule has 0 saturated carbocycles. The van der Waals surface area contributed by atoms with Crippen molar-refractivity contribution in [2.24, 2.45) is 0 Å². The van der Waals surface area contributed by atoms with E-state index < -0.39 is 11.9 Å². The molecule has 0 unspecified atom stereocenters. The summed E-state index contributed by atoms with van der Waals surface area (Å²) in [6, 6.07) is 4.79. The van der Waals surface area contributed by atoms with E-state index in [-0.39, 0.29) is 5.70 Å². The number of amides is 1. The van der Waals surface area contributed by atoms with Crippen LogP contribution in [-0.4, -0.2) is 17.0 Å². The van der Waals surface area contributed by atoms with Crippen molar-refractivity contribution in [3.8, 4) is 0 Å². The molecule has 1 aromatic rings. The Hall–Kier alpha value is -1.52. The predicted molar refractivity (Wildman–Crippen MR) is 65.9 cm³/mol. The normalized spacial score (nSPS) is 11.1. The zero-order valence-electron chi connectivity index (χ0n) is 8.83. The summed E-state index contributed by atoms with van der Waals surface area (Å²) in [6.45, 7) is 1.21. The molecule has 1 rings (SSSR count). The van der Waals surface area contributed by atoms with Gasteiger partial charge >= 0.3 is 5.97 Å². The number of carboxylic acids is 1. The van der Waals surface area contributed by atoms with Crippen LogP contribution in [0.3, 0.4) is 0 Å². The molecule has 2 N–H and O–H groups in total. The van der Waals surface area contributed by atoms with E-state index in [1.165, 1.54) is 13.0 Å². The van der Waals surface area contributed by atoms with Gasteiger partial charge in [-0.1, -0.05) is 29.3 Å². The van der Waals surface area contributed by atoms with Gasteiger partial charge in [0.15, 0.2) is 0 Å². The number of carboxylic acid groups (broad SMARTS) is 1. The van der Waals surface area contributed by atoms with E-state index in [9.17, 15) is 9.59 Å². The van der Waals surface area contributed by atoms with Gasteiger partial charge in [0.25, 0.3) is 0 Å². The van der Waals surface area contributed by atoms with Crippen LogP contribution < -0.4 is 5.32 Å². The Morgan fingerprint density at radius 2 is 1.82 bits per heavy atom. The number of benzene rings is 1. The van der Waals surface area contributed by atoms with E-state index in [0.717, 1.165) is 0 Å². The van der Waals surface area contributed by atoms with Gasteiger partial charge in [0.2, 0.25) is 5.91 Å². The highest BCUT2D eigenvalue weighted by atomic mass is 35.5. The summed E-state index contributed by atoms with van der Waals surface area (Å²) < 4.78 is 0. The van der Waals surface area contributed by atoms with E-state index in [4.69, 9.17) is 28.3 Å². The highest BCUT2D eigenvalue weighted by molar-refractivity contribution is 6.37. The Bertz CT molecular complexity index is 477. The molecule has 0 aliphatic heterocycles. The lowest BCUT2D eigenvalue weighted by molar-refractivity contribution is -0.134. The van der Waals surface area contributed by atoms with Crippen molar-refractivity contribution in [2.75, 3.05) is 0 Å². The topological polar surface area (TPSA) is 66.4 Å². The molecule has 6 heteroatoms. The SMILES string of the molecule is CC(=O)N/C(=C\c1c(Cl)cccc1Cl)C(=O)O. The molecule has 0 aliphatic rings. The summed E-state index contributed by atoms with van der Waals surface area (Å²) in [6.07, 6.45) is 1.22. The Labute approximate surface area is 108 Å². The molecule has 0 bridgehead atoms. The second kappa shape index (κ2) is 5.70. The Morgan fingerprint density at radius 3 is 2.24 bits per heavy atom. The first-order chi connectivity index (χ1) is 7.91. The molecule has 0 spiro atoms. The third-order valence-corrected chi connectivity index (χ3v) is 2.49. The van der Waals surface area contributed by atoms with Crippen molar-refractivity contribution in [1.82, 2.24) is 5.32 Å². The number of nitrogens with one attached hydrogen (secondary N) is 1. The summed E-state index contributed by atoms with van der Waals surface area (Å²) >= 11 is 11.8. The lowest BCUT2D eigenvalue weighted by Gasteiger charge is -2.05. The molecular weight excluding hydrogens is 265 g/mol. The van der Waals surface area contributed by atoms with E-state index in [1.807, 2.05) is 0 Å². The highest BCUT2D eigenvalue weighted by Crippen LogP contribution is 2.26. The average Bonchev–Trinajstić information content (AvgIpc) is 2.21. The van der Waals surface area contributed by atoms with E-state index in [0.29, 0.717) is 15.6 Å². The molecule has 1 amide bonds. The molecule has 4 nitrogen and oxygen atoms in total. The van der Waals surface area contributed by atoms with Crippen LogP contribution in [0.15, 0.2) is 23.9 Å². The van der Waals surface area contributed by atoms with Crippen LogP contribution in [0.5, 0.6) is 0 Å². The number of carbonyl (C=O) groups is 2. The maximum atomic E-state index is 10.9. The lowest BCUT2D eigenvalue weighted by atomic mass is 10.2. The summed E-state index contributed by atoms with van der Waals surface area (Å²) in [5.74, 6) is -1.75. The molecular formula is C11H9Cl2NO3. The van der Waals surface area contributed by atoms with Gasteiger partial charge in [-0.05, 0) is 18.2 Å². The molecule has 0 radical (unpaired) electrons. The first-order valence-corrected chi connectivity index (χ1v) is 5.34. The zero-order valence-corrected chi connectivity index (χ0v) is 10.3. The third-order valence-electron chi connectivity index (χ3n) is 1.83. The van der Waals surface area contributed by atoms with Crippen molar-refractivity contribution in [3.63, 3.8) is 0 Å². The van der Waals surface area contributed by atoms with Crippen LogP contribution >= 0.6 is 23.2 Å². The number of hydrogen-bond donors (Lipinski definition) is 2. The van der Waals surface area contributed by atoms with Crippen LogP contribution in [0.4, 0.5) is 0 Å². The van der Waals surface area contributed by atoms with E-state index >= 15 is 0 Å². The minimum absolute atomic E-state index is 0.285. The van der Waals surface area contributed by atoms with Crippen molar-refractivity contribution in [1.29, 1.82) is 0 Å². The van der Waals surface area contributed by atoms with Crippen LogP contribution in [0, 0.1) is 0 Å². The predicted octanol–water partition coefficient (Wildman–Crippen LogP) is 2.56. The minimum atomic E-state index is -1.27. The Morgan fingerprint density at radius 1 is 1.29 bits per heavy atom. The smallest absolute Gasteiger partial charge is 0.352 e. The Balaban J connectivity index is 3.21. The van der Waals surface area contributed by atoms with Crippen molar-refractivity contribution < 1.29 is 14.7 Å². The number of rotatable bonds is 3. The third kappa shape index (κ3) is 3.76. The molecule has 0 atom stereocenters. The molecule has 90 valence electrons. The van der Waals surface area contributed by atoms with Gasteiger partial charge in [0.05, 0.1) is 0 Å². The first-order valence-electron chi connectivity index (χ1n) is 4.58. The van der Waals surface area contributed by atoms with E-state index in [2.05, 4.69) is 5.32 Å². The minimum Gasteiger partial charge on any atom is -0.477 e. The van der Waals surface area contributed by atoms with Gasteiger partial charge in [-0.2, -0.15) is 0 Å². The molecule has 0 fully saturated rings. The van der Waals surface area contributed by atoms with Crippen LogP contribution in [0.1, 0.15) is 12.5 Å². The molecule has 0 saturated heterocycles. The number of aliphatic carboxylic acids is 1. The van der Waals surface area contributed by atoms with Crippen LogP contribution in [0.2, 0.25) is 10.0 Å². The number of hydrogen-bond acceptors (Lipinski definition) is 2. The largest absolute Gasteiger partial charge is 0.477 e. The van der Waals surface area contributed by atoms with Crippen molar-refractivity contribution >= 4 is 41.2 Å². The molecule has 0 aliphatic carbocycles. The molecule has 17 heavy (non-hydrogen) atoms. The monoisotopic (exact) mass is 273 g/mol. The van der Waals surface area contributed by atoms with Gasteiger partial charge in [-0.25, -0.2) is 4.79 Å².